The molecule has 1 N–H and O–H groups in total. The molecule has 110 valence electrons. The van der Waals surface area contributed by atoms with Gasteiger partial charge in [0.1, 0.15) is 0 Å². The van der Waals surface area contributed by atoms with E-state index < -0.39 is 20.7 Å². The van der Waals surface area contributed by atoms with Crippen molar-refractivity contribution in [3.05, 3.63) is 30.6 Å². The van der Waals surface area contributed by atoms with Crippen LogP contribution >= 0.6 is 0 Å². The van der Waals surface area contributed by atoms with Crippen LogP contribution in [0.15, 0.2) is 30.6 Å². The zero-order valence-corrected chi connectivity index (χ0v) is 11.8. The molecule has 8 nitrogen and oxygen atoms in total. The van der Waals surface area contributed by atoms with Crippen molar-refractivity contribution in [2.75, 3.05) is 6.61 Å². The lowest BCUT2D eigenvalue weighted by Gasteiger charge is -1.98. The standard InChI is InChI=1S/C9H14NO3S.H2O4S/c1-2-3-9-13-14(11,12)10-7-5-4-6-8-10;1-5(2,3)4/h4-8H,2-3,9H2,1H3;(H2,1,2,3,4)/q+1;/p-1. The number of nitrogens with zero attached hydrogens (tertiary/aromatic N) is 1. The maximum absolute atomic E-state index is 11.4. The lowest BCUT2D eigenvalue weighted by atomic mass is 10.4. The fourth-order valence-corrected chi connectivity index (χ4v) is 1.79. The number of aromatic nitrogens is 1. The van der Waals surface area contributed by atoms with Gasteiger partial charge in [0.15, 0.2) is 12.4 Å². The first-order valence-electron chi connectivity index (χ1n) is 5.21. The molecule has 0 amide bonds. The lowest BCUT2D eigenvalue weighted by Crippen LogP contribution is -2.43. The summed E-state index contributed by atoms with van der Waals surface area (Å²) in [5, 5.41) is 0. The highest BCUT2D eigenvalue weighted by molar-refractivity contribution is 7.80. The van der Waals surface area contributed by atoms with Crippen LogP contribution in [0.2, 0.25) is 0 Å². The Morgan fingerprint density at radius 2 is 1.63 bits per heavy atom. The van der Waals surface area contributed by atoms with Crippen LogP contribution in [-0.2, 0) is 24.9 Å². The average Bonchev–Trinajstić information content (AvgIpc) is 2.28. The van der Waals surface area contributed by atoms with Crippen molar-refractivity contribution in [1.29, 1.82) is 0 Å². The Balaban J connectivity index is 0.000000555. The van der Waals surface area contributed by atoms with E-state index in [1.807, 2.05) is 6.92 Å². The Labute approximate surface area is 112 Å². The van der Waals surface area contributed by atoms with Crippen LogP contribution < -0.4 is 3.97 Å². The molecule has 19 heavy (non-hydrogen) atoms. The van der Waals surface area contributed by atoms with E-state index in [-0.39, 0.29) is 6.61 Å². The Hall–Kier alpha value is -1.07. The van der Waals surface area contributed by atoms with Gasteiger partial charge in [-0.15, -0.1) is 8.42 Å². The molecule has 0 saturated heterocycles. The van der Waals surface area contributed by atoms with Gasteiger partial charge in [0, 0.05) is 12.1 Å². The zero-order valence-electron chi connectivity index (χ0n) is 10.2. The summed E-state index contributed by atoms with van der Waals surface area (Å²) in [6.07, 6.45) is 4.55. The minimum Gasteiger partial charge on any atom is -0.726 e. The second-order valence-corrected chi connectivity index (χ2v) is 5.63. The predicted octanol–water partition coefficient (Wildman–Crippen LogP) is -0.112. The minimum absolute atomic E-state index is 0.237. The van der Waals surface area contributed by atoms with Crippen LogP contribution in [0.3, 0.4) is 0 Å². The van der Waals surface area contributed by atoms with E-state index in [1.54, 1.807) is 18.2 Å². The molecule has 1 aromatic rings. The van der Waals surface area contributed by atoms with Crippen LogP contribution in [0.1, 0.15) is 19.8 Å². The molecule has 1 rings (SSSR count). The summed E-state index contributed by atoms with van der Waals surface area (Å²) < 4.78 is 61.6. The van der Waals surface area contributed by atoms with Gasteiger partial charge in [0.2, 0.25) is 10.4 Å². The normalized spacial score (nSPS) is 11.5. The van der Waals surface area contributed by atoms with Gasteiger partial charge in [-0.3, -0.25) is 4.55 Å². The highest BCUT2D eigenvalue weighted by atomic mass is 32.3. The first kappa shape index (κ1) is 17.9. The molecule has 0 spiro atoms. The highest BCUT2D eigenvalue weighted by Crippen LogP contribution is 1.93. The summed E-state index contributed by atoms with van der Waals surface area (Å²) in [4.78, 5) is 0. The van der Waals surface area contributed by atoms with Gasteiger partial charge < -0.3 is 4.55 Å². The second-order valence-electron chi connectivity index (χ2n) is 3.27. The van der Waals surface area contributed by atoms with Crippen molar-refractivity contribution in [3.8, 4) is 0 Å². The number of hydrogen-bond donors (Lipinski definition) is 1. The van der Waals surface area contributed by atoms with E-state index in [4.69, 9.17) is 21.7 Å². The summed E-state index contributed by atoms with van der Waals surface area (Å²) >= 11 is 0. The fourth-order valence-electron chi connectivity index (χ4n) is 0.901. The third kappa shape index (κ3) is 10.5. The molecule has 10 heteroatoms. The number of hydrogen-bond acceptors (Lipinski definition) is 6. The number of pyridine rings is 1. The summed E-state index contributed by atoms with van der Waals surface area (Å²) in [5.74, 6) is 0. The van der Waals surface area contributed by atoms with Crippen molar-refractivity contribution >= 4 is 20.7 Å². The highest BCUT2D eigenvalue weighted by Gasteiger charge is 2.21. The van der Waals surface area contributed by atoms with Crippen LogP contribution in [0.4, 0.5) is 0 Å². The Bertz CT molecular complexity index is 545. The summed E-state index contributed by atoms with van der Waals surface area (Å²) in [6.45, 7) is 2.21. The van der Waals surface area contributed by atoms with Gasteiger partial charge in [-0.05, 0) is 6.42 Å². The van der Waals surface area contributed by atoms with E-state index in [0.29, 0.717) is 0 Å². The maximum atomic E-state index is 11.4. The van der Waals surface area contributed by atoms with E-state index >= 15 is 0 Å². The molecule has 0 aliphatic rings. The predicted molar refractivity (Wildman–Crippen MR) is 64.1 cm³/mol. The topological polar surface area (TPSA) is 125 Å². The van der Waals surface area contributed by atoms with Gasteiger partial charge in [0.25, 0.3) is 0 Å². The molecule has 0 bridgehead atoms. The van der Waals surface area contributed by atoms with Crippen molar-refractivity contribution in [3.63, 3.8) is 0 Å². The lowest BCUT2D eigenvalue weighted by molar-refractivity contribution is -0.520. The SMILES string of the molecule is CCCCOS(=O)(=O)[n+]1ccccc1.O=S(=O)([O-])O. The molecule has 0 unspecified atom stereocenters. The number of unbranched alkanes of at least 4 members (excludes halogenated alkanes) is 1. The van der Waals surface area contributed by atoms with Crippen LogP contribution in [0.5, 0.6) is 0 Å². The summed E-state index contributed by atoms with van der Waals surface area (Å²) in [7, 11) is -8.53. The molecule has 1 heterocycles. The summed E-state index contributed by atoms with van der Waals surface area (Å²) in [6, 6.07) is 5.03. The second kappa shape index (κ2) is 8.17. The molecular formula is C9H15NO7S2. The Morgan fingerprint density at radius 3 is 2.05 bits per heavy atom. The smallest absolute Gasteiger partial charge is 0.513 e. The quantitative estimate of drug-likeness (QED) is 0.348. The summed E-state index contributed by atoms with van der Waals surface area (Å²) in [5.41, 5.74) is 0. The molecule has 1 aromatic heterocycles. The van der Waals surface area contributed by atoms with E-state index in [9.17, 15) is 8.42 Å². The first-order valence-corrected chi connectivity index (χ1v) is 7.94. The van der Waals surface area contributed by atoms with Crippen LogP contribution in [0.25, 0.3) is 0 Å². The van der Waals surface area contributed by atoms with Crippen LogP contribution in [-0.4, -0.2) is 32.5 Å². The van der Waals surface area contributed by atoms with Gasteiger partial charge in [-0.2, -0.15) is 0 Å². The molecule has 0 radical (unpaired) electrons. The number of rotatable bonds is 5. The van der Waals surface area contributed by atoms with Crippen molar-refractivity contribution in [2.45, 2.75) is 19.8 Å². The molecule has 0 aliphatic heterocycles. The van der Waals surface area contributed by atoms with E-state index in [2.05, 4.69) is 0 Å². The third-order valence-electron chi connectivity index (χ3n) is 1.68. The maximum Gasteiger partial charge on any atom is 0.513 e. The van der Waals surface area contributed by atoms with E-state index in [0.717, 1.165) is 16.8 Å². The average molecular weight is 313 g/mol. The van der Waals surface area contributed by atoms with Gasteiger partial charge >= 0.3 is 10.3 Å². The van der Waals surface area contributed by atoms with Crippen LogP contribution in [0, 0.1) is 0 Å². The van der Waals surface area contributed by atoms with Crippen molar-refractivity contribution in [1.82, 2.24) is 0 Å². The molecule has 0 fully saturated rings. The molecule has 0 aromatic carbocycles. The minimum atomic E-state index is -4.92. The third-order valence-corrected chi connectivity index (χ3v) is 2.90. The molecular weight excluding hydrogens is 298 g/mol. The van der Waals surface area contributed by atoms with Gasteiger partial charge in [-0.25, -0.2) is 12.6 Å². The zero-order chi connectivity index (χ0) is 14.9. The molecule has 0 atom stereocenters. The fraction of sp³-hybridized carbons (Fsp3) is 0.444. The van der Waals surface area contributed by atoms with Crippen molar-refractivity contribution in [2.24, 2.45) is 0 Å². The Morgan fingerprint density at radius 1 is 1.16 bits per heavy atom. The van der Waals surface area contributed by atoms with E-state index in [1.165, 1.54) is 12.4 Å². The Kier molecular flexibility index (Phi) is 7.71. The van der Waals surface area contributed by atoms with Gasteiger partial charge in [0.05, 0.1) is 6.61 Å². The molecule has 0 aliphatic carbocycles. The monoisotopic (exact) mass is 313 g/mol. The first-order chi connectivity index (χ1) is 8.67. The molecule has 0 saturated carbocycles. The van der Waals surface area contributed by atoms with Crippen molar-refractivity contribution < 1.29 is 34.1 Å². The largest absolute Gasteiger partial charge is 0.726 e. The van der Waals surface area contributed by atoms with Gasteiger partial charge in [-0.1, -0.05) is 23.4 Å².